The zero-order valence-electron chi connectivity index (χ0n) is 17.4. The van der Waals surface area contributed by atoms with E-state index in [0.717, 1.165) is 65.8 Å². The van der Waals surface area contributed by atoms with Crippen molar-refractivity contribution in [3.63, 3.8) is 0 Å². The summed E-state index contributed by atoms with van der Waals surface area (Å²) in [5, 5.41) is 0.880. The second-order valence-electron chi connectivity index (χ2n) is 8.26. The minimum absolute atomic E-state index is 0.281. The van der Waals surface area contributed by atoms with Crippen molar-refractivity contribution in [1.29, 1.82) is 0 Å². The molecule has 0 aliphatic carbocycles. The van der Waals surface area contributed by atoms with Crippen molar-refractivity contribution in [2.75, 3.05) is 19.6 Å². The third kappa shape index (κ3) is 4.29. The Morgan fingerprint density at radius 1 is 1.17 bits per heavy atom. The van der Waals surface area contributed by atoms with Gasteiger partial charge in [-0.15, -0.1) is 0 Å². The van der Waals surface area contributed by atoms with E-state index in [4.69, 9.17) is 0 Å². The van der Waals surface area contributed by atoms with Crippen LogP contribution in [0, 0.1) is 13.8 Å². The van der Waals surface area contributed by atoms with Crippen LogP contribution in [0.3, 0.4) is 0 Å². The molecule has 0 radical (unpaired) electrons. The molecule has 158 valence electrons. The van der Waals surface area contributed by atoms with Crippen molar-refractivity contribution in [3.05, 3.63) is 52.8 Å². The summed E-state index contributed by atoms with van der Waals surface area (Å²) < 4.78 is 27.0. The number of nitrogens with one attached hydrogen (secondary N) is 1. The molecule has 0 amide bonds. The minimum atomic E-state index is -2.41. The van der Waals surface area contributed by atoms with Gasteiger partial charge in [0.1, 0.15) is 6.29 Å². The number of aromatic nitrogens is 2. The SMILES string of the molecule is Cc1cc(-c2[nH]c3ccc(C4CCN(CC=O)CC4)cc3c2CC(F)F)cc(C)n1. The van der Waals surface area contributed by atoms with Gasteiger partial charge in [-0.3, -0.25) is 9.88 Å². The fourth-order valence-electron chi connectivity index (χ4n) is 4.67. The number of carbonyl (C=O) groups excluding carboxylic acids is 1. The topological polar surface area (TPSA) is 49.0 Å². The van der Waals surface area contributed by atoms with Crippen LogP contribution in [-0.2, 0) is 11.2 Å². The number of rotatable bonds is 6. The summed E-state index contributed by atoms with van der Waals surface area (Å²) in [6, 6.07) is 10.1. The lowest BCUT2D eigenvalue weighted by atomic mass is 9.88. The molecule has 4 nitrogen and oxygen atoms in total. The van der Waals surface area contributed by atoms with Crippen molar-refractivity contribution in [2.45, 2.75) is 45.5 Å². The number of hydrogen-bond donors (Lipinski definition) is 1. The summed E-state index contributed by atoms with van der Waals surface area (Å²) in [6.45, 7) is 6.09. The lowest BCUT2D eigenvalue weighted by Gasteiger charge is -2.30. The molecule has 0 spiro atoms. The maximum absolute atomic E-state index is 13.5. The first-order chi connectivity index (χ1) is 14.4. The third-order valence-electron chi connectivity index (χ3n) is 6.05. The fraction of sp³-hybridized carbons (Fsp3) is 0.417. The van der Waals surface area contributed by atoms with Crippen molar-refractivity contribution in [1.82, 2.24) is 14.9 Å². The Hall–Kier alpha value is -2.60. The van der Waals surface area contributed by atoms with Gasteiger partial charge in [-0.1, -0.05) is 6.07 Å². The normalized spacial score (nSPS) is 15.9. The number of fused-ring (bicyclic) bond motifs is 1. The van der Waals surface area contributed by atoms with Gasteiger partial charge in [0.05, 0.1) is 12.2 Å². The van der Waals surface area contributed by atoms with E-state index in [9.17, 15) is 13.6 Å². The number of nitrogens with zero attached hydrogens (tertiary/aromatic N) is 2. The van der Waals surface area contributed by atoms with Gasteiger partial charge in [0, 0.05) is 34.3 Å². The van der Waals surface area contributed by atoms with Crippen LogP contribution >= 0.6 is 0 Å². The fourth-order valence-corrected chi connectivity index (χ4v) is 4.67. The summed E-state index contributed by atoms with van der Waals surface area (Å²) >= 11 is 0. The first-order valence-corrected chi connectivity index (χ1v) is 10.5. The van der Waals surface area contributed by atoms with E-state index in [1.165, 1.54) is 5.56 Å². The van der Waals surface area contributed by atoms with Crippen molar-refractivity contribution < 1.29 is 13.6 Å². The molecular weight excluding hydrogens is 384 g/mol. The Kier molecular flexibility index (Phi) is 5.95. The number of pyridine rings is 1. The summed E-state index contributed by atoms with van der Waals surface area (Å²) in [6.07, 6.45) is 0.207. The molecule has 6 heteroatoms. The molecular formula is C24H27F2N3O. The molecule has 30 heavy (non-hydrogen) atoms. The largest absolute Gasteiger partial charge is 0.354 e. The zero-order chi connectivity index (χ0) is 21.3. The van der Waals surface area contributed by atoms with E-state index in [2.05, 4.69) is 27.0 Å². The van der Waals surface area contributed by atoms with E-state index in [1.54, 1.807) is 0 Å². The number of carbonyl (C=O) groups is 1. The highest BCUT2D eigenvalue weighted by Crippen LogP contribution is 2.36. The molecule has 4 rings (SSSR count). The second kappa shape index (κ2) is 8.64. The Labute approximate surface area is 175 Å². The van der Waals surface area contributed by atoms with E-state index < -0.39 is 6.43 Å². The summed E-state index contributed by atoms with van der Waals surface area (Å²) in [4.78, 5) is 20.7. The Morgan fingerprint density at radius 3 is 2.50 bits per heavy atom. The first-order valence-electron chi connectivity index (χ1n) is 10.5. The van der Waals surface area contributed by atoms with Crippen LogP contribution in [0.5, 0.6) is 0 Å². The van der Waals surface area contributed by atoms with Gasteiger partial charge in [0.25, 0.3) is 0 Å². The standard InChI is InChI=1S/C24H27F2N3O/c1-15-11-19(12-16(2)27-15)24-21(14-23(25)26)20-13-18(3-4-22(20)28-24)17-5-7-29(8-6-17)9-10-30/h3-4,10-13,17,23,28H,5-9,14H2,1-2H3. The van der Waals surface area contributed by atoms with Gasteiger partial charge in [0.15, 0.2) is 0 Å². The van der Waals surface area contributed by atoms with Gasteiger partial charge < -0.3 is 9.78 Å². The molecule has 1 fully saturated rings. The molecule has 0 bridgehead atoms. The van der Waals surface area contributed by atoms with Crippen LogP contribution < -0.4 is 0 Å². The number of aldehydes is 1. The number of alkyl halides is 2. The number of likely N-dealkylation sites (tertiary alicyclic amines) is 1. The molecule has 1 aliphatic heterocycles. The van der Waals surface area contributed by atoms with E-state index in [1.807, 2.05) is 32.0 Å². The van der Waals surface area contributed by atoms with Crippen LogP contribution in [0.1, 0.15) is 41.3 Å². The Balaban J connectivity index is 1.73. The predicted octanol–water partition coefficient (Wildman–Crippen LogP) is 5.03. The van der Waals surface area contributed by atoms with Crippen LogP contribution in [-0.4, -0.2) is 47.2 Å². The summed E-state index contributed by atoms with van der Waals surface area (Å²) in [5.74, 6) is 0.389. The molecule has 2 aromatic heterocycles. The van der Waals surface area contributed by atoms with Crippen LogP contribution in [0.15, 0.2) is 30.3 Å². The quantitative estimate of drug-likeness (QED) is 0.579. The van der Waals surface area contributed by atoms with Crippen molar-refractivity contribution in [3.8, 4) is 11.3 Å². The van der Waals surface area contributed by atoms with Gasteiger partial charge >= 0.3 is 0 Å². The van der Waals surface area contributed by atoms with Gasteiger partial charge in [-0.25, -0.2) is 8.78 Å². The monoisotopic (exact) mass is 411 g/mol. The van der Waals surface area contributed by atoms with Crippen molar-refractivity contribution in [2.24, 2.45) is 0 Å². The lowest BCUT2D eigenvalue weighted by Crippen LogP contribution is -2.34. The number of piperidine rings is 1. The molecule has 1 saturated heterocycles. The second-order valence-corrected chi connectivity index (χ2v) is 8.26. The smallest absolute Gasteiger partial charge is 0.242 e. The van der Waals surface area contributed by atoms with Crippen LogP contribution in [0.4, 0.5) is 8.78 Å². The summed E-state index contributed by atoms with van der Waals surface area (Å²) in [5.41, 5.74) is 6.15. The molecule has 0 atom stereocenters. The highest BCUT2D eigenvalue weighted by atomic mass is 19.3. The van der Waals surface area contributed by atoms with Gasteiger partial charge in [-0.2, -0.15) is 0 Å². The minimum Gasteiger partial charge on any atom is -0.354 e. The van der Waals surface area contributed by atoms with Crippen LogP contribution in [0.2, 0.25) is 0 Å². The summed E-state index contributed by atoms with van der Waals surface area (Å²) in [7, 11) is 0. The molecule has 1 aliphatic rings. The number of H-pyrrole nitrogens is 1. The number of aromatic amines is 1. The third-order valence-corrected chi connectivity index (χ3v) is 6.05. The number of aryl methyl sites for hydroxylation is 2. The zero-order valence-corrected chi connectivity index (χ0v) is 17.4. The molecule has 0 saturated carbocycles. The van der Waals surface area contributed by atoms with Crippen molar-refractivity contribution >= 4 is 17.2 Å². The molecule has 1 aromatic carbocycles. The molecule has 3 aromatic rings. The first kappa shape index (κ1) is 20.7. The van der Waals surface area contributed by atoms with E-state index >= 15 is 0 Å². The average Bonchev–Trinajstić information content (AvgIpc) is 3.05. The highest BCUT2D eigenvalue weighted by molar-refractivity contribution is 5.91. The highest BCUT2D eigenvalue weighted by Gasteiger charge is 2.23. The van der Waals surface area contributed by atoms with Gasteiger partial charge in [-0.05, 0) is 81.1 Å². The molecule has 1 N–H and O–H groups in total. The van der Waals surface area contributed by atoms with Crippen LogP contribution in [0.25, 0.3) is 22.2 Å². The molecule has 0 unspecified atom stereocenters. The number of halogens is 2. The lowest BCUT2D eigenvalue weighted by molar-refractivity contribution is -0.109. The van der Waals surface area contributed by atoms with E-state index in [0.29, 0.717) is 18.0 Å². The number of hydrogen-bond acceptors (Lipinski definition) is 3. The average molecular weight is 411 g/mol. The maximum Gasteiger partial charge on any atom is 0.242 e. The Bertz CT molecular complexity index is 1030. The Morgan fingerprint density at radius 2 is 1.87 bits per heavy atom. The van der Waals surface area contributed by atoms with Gasteiger partial charge in [0.2, 0.25) is 6.43 Å². The van der Waals surface area contributed by atoms with E-state index in [-0.39, 0.29) is 6.42 Å². The maximum atomic E-state index is 13.5. The number of benzene rings is 1. The predicted molar refractivity (Wildman–Crippen MR) is 115 cm³/mol. The molecule has 3 heterocycles.